The molecule has 1 unspecified atom stereocenters. The van der Waals surface area contributed by atoms with Crippen LogP contribution in [0.4, 0.5) is 0 Å². The molecule has 1 aromatic rings. The molecule has 0 radical (unpaired) electrons. The van der Waals surface area contributed by atoms with Crippen molar-refractivity contribution in [3.05, 3.63) is 29.6 Å². The van der Waals surface area contributed by atoms with Gasteiger partial charge in [0.25, 0.3) is 0 Å². The first-order chi connectivity index (χ1) is 7.83. The number of aromatic nitrogens is 1. The van der Waals surface area contributed by atoms with E-state index in [0.29, 0.717) is 25.4 Å². The molecule has 1 atom stereocenters. The van der Waals surface area contributed by atoms with Crippen molar-refractivity contribution in [1.29, 1.82) is 0 Å². The normalized spacial score (nSPS) is 20.8. The van der Waals surface area contributed by atoms with Gasteiger partial charge in [0.1, 0.15) is 6.10 Å². The molecule has 1 aliphatic rings. The summed E-state index contributed by atoms with van der Waals surface area (Å²) >= 11 is 0. The summed E-state index contributed by atoms with van der Waals surface area (Å²) in [4.78, 5) is 16.6. The van der Waals surface area contributed by atoms with E-state index in [4.69, 9.17) is 9.84 Å². The van der Waals surface area contributed by atoms with Crippen molar-refractivity contribution in [2.75, 3.05) is 19.7 Å². The highest BCUT2D eigenvalue weighted by Crippen LogP contribution is 2.19. The molecule has 1 aromatic heterocycles. The maximum absolute atomic E-state index is 10.7. The lowest BCUT2D eigenvalue weighted by Crippen LogP contribution is -2.37. The maximum atomic E-state index is 10.7. The van der Waals surface area contributed by atoms with Gasteiger partial charge in [0.05, 0.1) is 31.1 Å². The zero-order valence-corrected chi connectivity index (χ0v) is 8.87. The number of pyridine rings is 1. The summed E-state index contributed by atoms with van der Waals surface area (Å²) in [6.07, 6.45) is 0.635. The van der Waals surface area contributed by atoms with Crippen molar-refractivity contribution >= 4 is 6.41 Å². The molecule has 1 amide bonds. The molecular weight excluding hydrogens is 208 g/mol. The molecule has 1 saturated heterocycles. The second-order valence-electron chi connectivity index (χ2n) is 3.67. The van der Waals surface area contributed by atoms with E-state index in [1.54, 1.807) is 11.0 Å². The highest BCUT2D eigenvalue weighted by molar-refractivity contribution is 5.47. The predicted octanol–water partition coefficient (Wildman–Crippen LogP) is 0.104. The number of ether oxygens (including phenoxy) is 1. The van der Waals surface area contributed by atoms with Crippen LogP contribution in [0.15, 0.2) is 18.2 Å². The van der Waals surface area contributed by atoms with Crippen LogP contribution in [0.3, 0.4) is 0 Å². The van der Waals surface area contributed by atoms with Gasteiger partial charge < -0.3 is 14.7 Å². The standard InChI is InChI=1S/C11H14N2O3/c14-7-9-2-1-3-10(12-9)11-6-13(8-15)4-5-16-11/h1-3,8,11,14H,4-7H2. The van der Waals surface area contributed by atoms with Crippen LogP contribution in [-0.2, 0) is 16.1 Å². The van der Waals surface area contributed by atoms with Crippen LogP contribution in [0.5, 0.6) is 0 Å². The topological polar surface area (TPSA) is 62.7 Å². The van der Waals surface area contributed by atoms with E-state index in [0.717, 1.165) is 12.1 Å². The Kier molecular flexibility index (Phi) is 3.48. The minimum absolute atomic E-state index is 0.0854. The average Bonchev–Trinajstić information content (AvgIpc) is 2.39. The van der Waals surface area contributed by atoms with Crippen LogP contribution >= 0.6 is 0 Å². The molecule has 1 aliphatic heterocycles. The Morgan fingerprint density at radius 3 is 3.25 bits per heavy atom. The number of aliphatic hydroxyl groups is 1. The number of nitrogens with zero attached hydrogens (tertiary/aromatic N) is 2. The molecule has 0 bridgehead atoms. The first kappa shape index (κ1) is 11.0. The number of hydrogen-bond acceptors (Lipinski definition) is 4. The van der Waals surface area contributed by atoms with Crippen LogP contribution in [0.1, 0.15) is 17.5 Å². The van der Waals surface area contributed by atoms with E-state index in [9.17, 15) is 4.79 Å². The minimum atomic E-state index is -0.189. The lowest BCUT2D eigenvalue weighted by Gasteiger charge is -2.29. The van der Waals surface area contributed by atoms with E-state index in [2.05, 4.69) is 4.98 Å². The fourth-order valence-electron chi connectivity index (χ4n) is 1.71. The summed E-state index contributed by atoms with van der Waals surface area (Å²) in [5.41, 5.74) is 1.38. The Morgan fingerprint density at radius 1 is 1.62 bits per heavy atom. The van der Waals surface area contributed by atoms with Gasteiger partial charge in [-0.15, -0.1) is 0 Å². The highest BCUT2D eigenvalue weighted by atomic mass is 16.5. The molecule has 5 heteroatoms. The largest absolute Gasteiger partial charge is 0.390 e. The summed E-state index contributed by atoms with van der Waals surface area (Å²) < 4.78 is 5.55. The van der Waals surface area contributed by atoms with Gasteiger partial charge in [-0.3, -0.25) is 9.78 Å². The van der Waals surface area contributed by atoms with E-state index in [1.807, 2.05) is 12.1 Å². The lowest BCUT2D eigenvalue weighted by atomic mass is 10.2. The fraction of sp³-hybridized carbons (Fsp3) is 0.455. The molecule has 86 valence electrons. The SMILES string of the molecule is O=CN1CCOC(c2cccc(CO)n2)C1. The maximum Gasteiger partial charge on any atom is 0.209 e. The molecule has 16 heavy (non-hydrogen) atoms. The zero-order chi connectivity index (χ0) is 11.4. The molecule has 0 spiro atoms. The van der Waals surface area contributed by atoms with Crippen LogP contribution in [0.2, 0.25) is 0 Å². The molecule has 2 heterocycles. The van der Waals surface area contributed by atoms with Crippen molar-refractivity contribution in [3.8, 4) is 0 Å². The molecular formula is C11H14N2O3. The van der Waals surface area contributed by atoms with Crippen LogP contribution in [0, 0.1) is 0 Å². The highest BCUT2D eigenvalue weighted by Gasteiger charge is 2.21. The third kappa shape index (κ3) is 2.37. The fourth-order valence-corrected chi connectivity index (χ4v) is 1.71. The van der Waals surface area contributed by atoms with Crippen LogP contribution in [-0.4, -0.2) is 41.1 Å². The smallest absolute Gasteiger partial charge is 0.209 e. The summed E-state index contributed by atoms with van der Waals surface area (Å²) in [6, 6.07) is 5.43. The van der Waals surface area contributed by atoms with Gasteiger partial charge in [-0.2, -0.15) is 0 Å². The first-order valence-corrected chi connectivity index (χ1v) is 5.21. The number of aliphatic hydroxyl groups excluding tert-OH is 1. The molecule has 1 fully saturated rings. The third-order valence-corrected chi connectivity index (χ3v) is 2.57. The number of carbonyl (C=O) groups excluding carboxylic acids is 1. The van der Waals surface area contributed by atoms with E-state index in [-0.39, 0.29) is 12.7 Å². The molecule has 2 rings (SSSR count). The van der Waals surface area contributed by atoms with Gasteiger partial charge in [-0.1, -0.05) is 6.07 Å². The number of rotatable bonds is 3. The summed E-state index contributed by atoms with van der Waals surface area (Å²) in [5.74, 6) is 0. The van der Waals surface area contributed by atoms with Gasteiger partial charge in [0.2, 0.25) is 6.41 Å². The van der Waals surface area contributed by atoms with Gasteiger partial charge in [-0.25, -0.2) is 0 Å². The Balaban J connectivity index is 2.13. The molecule has 0 aliphatic carbocycles. The third-order valence-electron chi connectivity index (χ3n) is 2.57. The van der Waals surface area contributed by atoms with Gasteiger partial charge in [-0.05, 0) is 12.1 Å². The van der Waals surface area contributed by atoms with Crippen molar-refractivity contribution in [2.45, 2.75) is 12.7 Å². The number of carbonyl (C=O) groups is 1. The van der Waals surface area contributed by atoms with Crippen molar-refractivity contribution in [1.82, 2.24) is 9.88 Å². The van der Waals surface area contributed by atoms with Crippen molar-refractivity contribution in [3.63, 3.8) is 0 Å². The summed E-state index contributed by atoms with van der Waals surface area (Å²) in [5, 5.41) is 8.99. The van der Waals surface area contributed by atoms with E-state index in [1.165, 1.54) is 0 Å². The quantitative estimate of drug-likeness (QED) is 0.737. The lowest BCUT2D eigenvalue weighted by molar-refractivity contribution is -0.125. The number of hydrogen-bond donors (Lipinski definition) is 1. The second-order valence-corrected chi connectivity index (χ2v) is 3.67. The summed E-state index contributed by atoms with van der Waals surface area (Å²) in [7, 11) is 0. The van der Waals surface area contributed by atoms with Crippen LogP contribution < -0.4 is 0 Å². The molecule has 5 nitrogen and oxygen atoms in total. The average molecular weight is 222 g/mol. The predicted molar refractivity (Wildman–Crippen MR) is 56.5 cm³/mol. The van der Waals surface area contributed by atoms with Gasteiger partial charge >= 0.3 is 0 Å². The zero-order valence-electron chi connectivity index (χ0n) is 8.87. The van der Waals surface area contributed by atoms with E-state index < -0.39 is 0 Å². The van der Waals surface area contributed by atoms with E-state index >= 15 is 0 Å². The van der Waals surface area contributed by atoms with Gasteiger partial charge in [0, 0.05) is 6.54 Å². The molecule has 1 N–H and O–H groups in total. The van der Waals surface area contributed by atoms with Crippen LogP contribution in [0.25, 0.3) is 0 Å². The Labute approximate surface area is 93.7 Å². The minimum Gasteiger partial charge on any atom is -0.390 e. The Bertz CT molecular complexity index is 370. The number of amides is 1. The Morgan fingerprint density at radius 2 is 2.50 bits per heavy atom. The Hall–Kier alpha value is -1.46. The second kappa shape index (κ2) is 5.05. The van der Waals surface area contributed by atoms with Crippen molar-refractivity contribution < 1.29 is 14.6 Å². The first-order valence-electron chi connectivity index (χ1n) is 5.21. The summed E-state index contributed by atoms with van der Waals surface area (Å²) in [6.45, 7) is 1.58. The molecule has 0 aromatic carbocycles. The molecule has 0 saturated carbocycles. The number of morpholine rings is 1. The van der Waals surface area contributed by atoms with Crippen molar-refractivity contribution in [2.24, 2.45) is 0 Å². The van der Waals surface area contributed by atoms with Gasteiger partial charge in [0.15, 0.2) is 0 Å². The monoisotopic (exact) mass is 222 g/mol.